The molecule has 3 aromatic rings. The number of piperazine rings is 1. The Morgan fingerprint density at radius 1 is 1.15 bits per heavy atom. The first kappa shape index (κ1) is 23.7. The normalized spacial score (nSPS) is 17.4. The Hall–Kier alpha value is -3.50. The molecule has 1 atom stereocenters. The van der Waals surface area contributed by atoms with Crippen LogP contribution in [0.1, 0.15) is 27.8 Å². The van der Waals surface area contributed by atoms with E-state index in [4.69, 9.17) is 0 Å². The lowest BCUT2D eigenvalue weighted by molar-refractivity contribution is 0.0642. The lowest BCUT2D eigenvalue weighted by atomic mass is 10.1. The zero-order valence-corrected chi connectivity index (χ0v) is 20.1. The molecule has 1 aliphatic heterocycles. The van der Waals surface area contributed by atoms with Crippen LogP contribution in [0, 0.1) is 0 Å². The molecule has 4 rings (SSSR count). The van der Waals surface area contributed by atoms with Crippen molar-refractivity contribution in [1.82, 2.24) is 24.1 Å². The first-order valence-corrected chi connectivity index (χ1v) is 12.4. The minimum Gasteiger partial charge on any atom is -0.383 e. The smallest absolute Gasteiger partial charge is 0.253 e. The molecule has 0 bridgehead atoms. The van der Waals surface area contributed by atoms with Crippen LogP contribution < -0.4 is 0 Å². The van der Waals surface area contributed by atoms with Crippen LogP contribution in [0.5, 0.6) is 0 Å². The van der Waals surface area contributed by atoms with Crippen LogP contribution in [-0.2, 0) is 10.0 Å². The summed E-state index contributed by atoms with van der Waals surface area (Å²) in [4.78, 5) is 36.0. The summed E-state index contributed by atoms with van der Waals surface area (Å²) in [7, 11) is -0.283. The molecule has 34 heavy (non-hydrogen) atoms. The van der Waals surface area contributed by atoms with Gasteiger partial charge in [-0.1, -0.05) is 18.2 Å². The van der Waals surface area contributed by atoms with Crippen LogP contribution in [0.2, 0.25) is 0 Å². The van der Waals surface area contributed by atoms with Gasteiger partial charge in [-0.05, 0) is 25.1 Å². The Labute approximate surface area is 198 Å². The minimum atomic E-state index is -3.88. The average molecular weight is 482 g/mol. The maximum Gasteiger partial charge on any atom is 0.253 e. The summed E-state index contributed by atoms with van der Waals surface area (Å²) in [5.74, 6) is -0.442. The zero-order valence-electron chi connectivity index (χ0n) is 19.3. The predicted octanol–water partition coefficient (Wildman–Crippen LogP) is 2.36. The van der Waals surface area contributed by atoms with E-state index in [1.54, 1.807) is 67.4 Å². The highest BCUT2D eigenvalue weighted by atomic mass is 32.2. The maximum absolute atomic E-state index is 13.6. The third-order valence-corrected chi connectivity index (χ3v) is 7.84. The number of pyridine rings is 1. The quantitative estimate of drug-likeness (QED) is 0.428. The van der Waals surface area contributed by atoms with Gasteiger partial charge in [0.15, 0.2) is 0 Å². The first-order valence-electron chi connectivity index (χ1n) is 10.9. The number of allylic oxidation sites excluding steroid dienone is 1. The van der Waals surface area contributed by atoms with Gasteiger partial charge in [0.25, 0.3) is 5.91 Å². The summed E-state index contributed by atoms with van der Waals surface area (Å²) in [6.45, 7) is 2.55. The summed E-state index contributed by atoms with van der Waals surface area (Å²) in [6.07, 6.45) is 5.84. The number of hydrogen-bond donors (Lipinski definition) is 1. The van der Waals surface area contributed by atoms with Crippen molar-refractivity contribution in [1.29, 1.82) is 0 Å². The van der Waals surface area contributed by atoms with Crippen molar-refractivity contribution in [3.05, 3.63) is 72.3 Å². The van der Waals surface area contributed by atoms with Crippen LogP contribution in [0.4, 0.5) is 0 Å². The van der Waals surface area contributed by atoms with Crippen molar-refractivity contribution in [2.24, 2.45) is 0 Å². The summed E-state index contributed by atoms with van der Waals surface area (Å²) >= 11 is 0. The Morgan fingerprint density at radius 3 is 2.56 bits per heavy atom. The highest BCUT2D eigenvalue weighted by molar-refractivity contribution is 7.89. The van der Waals surface area contributed by atoms with E-state index in [9.17, 15) is 18.0 Å². The van der Waals surface area contributed by atoms with Crippen LogP contribution in [0.15, 0.2) is 66.0 Å². The Bertz CT molecular complexity index is 1350. The molecule has 178 valence electrons. The van der Waals surface area contributed by atoms with Gasteiger partial charge in [0.1, 0.15) is 10.6 Å². The SMILES string of the molecule is CC1CN(C(=O)c2ccccc2)CCN1S(=O)(=O)c1c[nH]c2c(C(=O)/C=C/N(C)C)nccc12. The molecule has 1 saturated heterocycles. The van der Waals surface area contributed by atoms with Gasteiger partial charge in [-0.25, -0.2) is 8.42 Å². The van der Waals surface area contributed by atoms with Crippen molar-refractivity contribution in [3.63, 3.8) is 0 Å². The number of carbonyl (C=O) groups excluding carboxylic acids is 2. The van der Waals surface area contributed by atoms with E-state index in [1.165, 1.54) is 22.8 Å². The Kier molecular flexibility index (Phi) is 6.54. The van der Waals surface area contributed by atoms with Gasteiger partial charge < -0.3 is 14.8 Å². The fraction of sp³-hybridized carbons (Fsp3) is 0.292. The van der Waals surface area contributed by atoms with Crippen molar-refractivity contribution >= 4 is 32.6 Å². The molecule has 10 heteroatoms. The molecule has 1 N–H and O–H groups in total. The van der Waals surface area contributed by atoms with Crippen molar-refractivity contribution < 1.29 is 18.0 Å². The molecule has 1 fully saturated rings. The first-order chi connectivity index (χ1) is 16.2. The number of fused-ring (bicyclic) bond motifs is 1. The average Bonchev–Trinajstić information content (AvgIpc) is 3.27. The fourth-order valence-corrected chi connectivity index (χ4v) is 5.87. The standard InChI is InChI=1S/C24H27N5O4S/c1-17-16-28(24(31)18-7-5-4-6-8-18)13-14-29(17)34(32,33)21-15-26-22-19(21)9-11-25-23(22)20(30)10-12-27(2)3/h4-12,15,17,26H,13-14,16H2,1-3H3/b12-10+. The monoisotopic (exact) mass is 481 g/mol. The highest BCUT2D eigenvalue weighted by Crippen LogP contribution is 2.29. The van der Waals surface area contributed by atoms with E-state index in [2.05, 4.69) is 9.97 Å². The molecule has 2 aromatic heterocycles. The summed E-state index contributed by atoms with van der Waals surface area (Å²) < 4.78 is 28.6. The number of ketones is 1. The predicted molar refractivity (Wildman–Crippen MR) is 129 cm³/mol. The molecule has 9 nitrogen and oxygen atoms in total. The number of carbonyl (C=O) groups is 2. The van der Waals surface area contributed by atoms with Crippen LogP contribution >= 0.6 is 0 Å². The molecular weight excluding hydrogens is 454 g/mol. The molecular formula is C24H27N5O4S. The van der Waals surface area contributed by atoms with Gasteiger partial charge in [0.2, 0.25) is 15.8 Å². The van der Waals surface area contributed by atoms with Gasteiger partial charge >= 0.3 is 0 Å². The van der Waals surface area contributed by atoms with Gasteiger partial charge in [-0.2, -0.15) is 4.31 Å². The molecule has 1 aromatic carbocycles. The minimum absolute atomic E-state index is 0.0882. The summed E-state index contributed by atoms with van der Waals surface area (Å²) in [6, 6.07) is 10.1. The molecule has 0 aliphatic carbocycles. The molecule has 1 aliphatic rings. The molecule has 1 amide bonds. The number of hydrogen-bond acceptors (Lipinski definition) is 6. The second kappa shape index (κ2) is 9.40. The number of amides is 1. The topological polar surface area (TPSA) is 107 Å². The van der Waals surface area contributed by atoms with Crippen LogP contribution in [0.25, 0.3) is 10.9 Å². The number of rotatable bonds is 6. The molecule has 3 heterocycles. The molecule has 0 saturated carbocycles. The molecule has 1 unspecified atom stereocenters. The van der Waals surface area contributed by atoms with Crippen LogP contribution in [-0.4, -0.2) is 84.0 Å². The highest BCUT2D eigenvalue weighted by Gasteiger charge is 2.36. The maximum atomic E-state index is 13.6. The second-order valence-electron chi connectivity index (χ2n) is 8.46. The lowest BCUT2D eigenvalue weighted by Crippen LogP contribution is -2.55. The van der Waals surface area contributed by atoms with Crippen molar-refractivity contribution in [2.75, 3.05) is 33.7 Å². The largest absolute Gasteiger partial charge is 0.383 e. The number of sulfonamides is 1. The zero-order chi connectivity index (χ0) is 24.5. The molecule has 0 spiro atoms. The van der Waals surface area contributed by atoms with E-state index in [-0.39, 0.29) is 35.4 Å². The number of H-pyrrole nitrogens is 1. The second-order valence-corrected chi connectivity index (χ2v) is 10.3. The third-order valence-electron chi connectivity index (χ3n) is 5.78. The Morgan fingerprint density at radius 2 is 1.88 bits per heavy atom. The van der Waals surface area contributed by atoms with Gasteiger partial charge in [0, 0.05) is 75.4 Å². The summed E-state index contributed by atoms with van der Waals surface area (Å²) in [5.41, 5.74) is 1.11. The van der Waals surface area contributed by atoms with Gasteiger partial charge in [-0.3, -0.25) is 14.6 Å². The lowest BCUT2D eigenvalue weighted by Gasteiger charge is -2.38. The number of aromatic nitrogens is 2. The van der Waals surface area contributed by atoms with E-state index >= 15 is 0 Å². The van der Waals surface area contributed by atoms with E-state index in [0.29, 0.717) is 23.0 Å². The van der Waals surface area contributed by atoms with Gasteiger partial charge in [-0.15, -0.1) is 0 Å². The van der Waals surface area contributed by atoms with Crippen LogP contribution in [0.3, 0.4) is 0 Å². The van der Waals surface area contributed by atoms with E-state index in [0.717, 1.165) is 0 Å². The van der Waals surface area contributed by atoms with E-state index < -0.39 is 16.1 Å². The number of aromatic amines is 1. The number of nitrogens with one attached hydrogen (secondary N) is 1. The number of benzene rings is 1. The van der Waals surface area contributed by atoms with Gasteiger partial charge in [0.05, 0.1) is 5.52 Å². The summed E-state index contributed by atoms with van der Waals surface area (Å²) in [5, 5.41) is 0.409. The van der Waals surface area contributed by atoms with Crippen molar-refractivity contribution in [3.8, 4) is 0 Å². The molecule has 0 radical (unpaired) electrons. The Balaban J connectivity index is 1.59. The van der Waals surface area contributed by atoms with Crippen molar-refractivity contribution in [2.45, 2.75) is 17.9 Å². The third kappa shape index (κ3) is 4.46. The fourth-order valence-electron chi connectivity index (χ4n) is 4.10. The number of nitrogens with zero attached hydrogens (tertiary/aromatic N) is 4. The van der Waals surface area contributed by atoms with E-state index in [1.807, 2.05) is 6.07 Å².